The summed E-state index contributed by atoms with van der Waals surface area (Å²) < 4.78 is 10.2. The lowest BCUT2D eigenvalue weighted by Gasteiger charge is -2.15. The van der Waals surface area contributed by atoms with Gasteiger partial charge in [0.15, 0.2) is 0 Å². The smallest absolute Gasteiger partial charge is 0.0700 e. The van der Waals surface area contributed by atoms with E-state index in [0.29, 0.717) is 13.2 Å². The van der Waals surface area contributed by atoms with Gasteiger partial charge in [0.05, 0.1) is 19.8 Å². The molecule has 3 heteroatoms. The molecule has 0 heterocycles. The predicted octanol–water partition coefficient (Wildman–Crippen LogP) is 1.82. The normalized spacial score (nSPS) is 12.0. The molecule has 0 aliphatic carbocycles. The van der Waals surface area contributed by atoms with E-state index in [1.165, 1.54) is 0 Å². The molecule has 0 fully saturated rings. The molecule has 0 bridgehead atoms. The number of hydrogen-bond donors (Lipinski definition) is 0. The Hall–Kier alpha value is 0.400. The third kappa shape index (κ3) is 8.40. The van der Waals surface area contributed by atoms with Crippen molar-refractivity contribution in [2.24, 2.45) is 0 Å². The lowest BCUT2D eigenvalue weighted by atomic mass is 10.2. The first kappa shape index (κ1) is 10.4. The van der Waals surface area contributed by atoms with Crippen molar-refractivity contribution in [3.63, 3.8) is 0 Å². The first-order valence-electron chi connectivity index (χ1n) is 3.32. The zero-order chi connectivity index (χ0) is 8.04. The fourth-order valence-corrected chi connectivity index (χ4v) is 0.619. The molecule has 0 aromatic rings. The molecule has 0 saturated heterocycles. The molecule has 2 nitrogen and oxygen atoms in total. The number of hydrogen-bond acceptors (Lipinski definition) is 2. The van der Waals surface area contributed by atoms with E-state index in [1.54, 1.807) is 7.11 Å². The highest BCUT2D eigenvalue weighted by atomic mass is 79.9. The summed E-state index contributed by atoms with van der Waals surface area (Å²) in [5.74, 6) is 0. The Balaban J connectivity index is 3.04. The molecule has 0 radical (unpaired) electrons. The highest BCUT2D eigenvalue weighted by molar-refractivity contribution is 9.10. The fourth-order valence-electron chi connectivity index (χ4n) is 0.457. The second-order valence-electron chi connectivity index (χ2n) is 2.76. The van der Waals surface area contributed by atoms with Crippen molar-refractivity contribution in [1.29, 1.82) is 0 Å². The summed E-state index contributed by atoms with van der Waals surface area (Å²) in [5, 5.41) is 0. The molecule has 0 N–H and O–H groups in total. The van der Waals surface area contributed by atoms with Gasteiger partial charge in [-0.2, -0.15) is 0 Å². The Labute approximate surface area is 71.0 Å². The van der Waals surface area contributed by atoms with Crippen LogP contribution in [0.2, 0.25) is 0 Å². The van der Waals surface area contributed by atoms with Crippen molar-refractivity contribution in [2.75, 3.05) is 26.9 Å². The van der Waals surface area contributed by atoms with Gasteiger partial charge in [-0.05, 0) is 13.8 Å². The maximum atomic E-state index is 5.27. The van der Waals surface area contributed by atoms with Crippen molar-refractivity contribution < 1.29 is 9.47 Å². The predicted molar refractivity (Wildman–Crippen MR) is 45.7 cm³/mol. The summed E-state index contributed by atoms with van der Waals surface area (Å²) in [7, 11) is 1.67. The maximum absolute atomic E-state index is 5.27. The quantitative estimate of drug-likeness (QED) is 0.510. The minimum Gasteiger partial charge on any atom is -0.382 e. The Morgan fingerprint density at radius 1 is 1.30 bits per heavy atom. The van der Waals surface area contributed by atoms with Crippen molar-refractivity contribution in [3.05, 3.63) is 0 Å². The summed E-state index contributed by atoms with van der Waals surface area (Å²) in [6.45, 7) is 6.20. The Morgan fingerprint density at radius 3 is 2.30 bits per heavy atom. The van der Waals surface area contributed by atoms with Crippen molar-refractivity contribution >= 4 is 15.9 Å². The molecule has 0 aliphatic heterocycles. The van der Waals surface area contributed by atoms with Gasteiger partial charge in [-0.25, -0.2) is 0 Å². The van der Waals surface area contributed by atoms with Gasteiger partial charge in [0.1, 0.15) is 0 Å². The van der Waals surface area contributed by atoms with Crippen LogP contribution in [0.1, 0.15) is 13.8 Å². The SMILES string of the molecule is COCCOCC(C)(C)Br. The standard InChI is InChI=1S/C7H15BrO2/c1-7(2,8)6-10-5-4-9-3/h4-6H2,1-3H3. The highest BCUT2D eigenvalue weighted by Gasteiger charge is 2.11. The molecule has 0 saturated carbocycles. The number of methoxy groups -OCH3 is 1. The first-order valence-corrected chi connectivity index (χ1v) is 4.11. The van der Waals surface area contributed by atoms with Crippen LogP contribution in [-0.2, 0) is 9.47 Å². The van der Waals surface area contributed by atoms with Crippen molar-refractivity contribution in [2.45, 2.75) is 18.2 Å². The summed E-state index contributed by atoms with van der Waals surface area (Å²) in [6.07, 6.45) is 0. The van der Waals surface area contributed by atoms with Gasteiger partial charge in [0.25, 0.3) is 0 Å². The van der Waals surface area contributed by atoms with Gasteiger partial charge in [-0.1, -0.05) is 15.9 Å². The van der Waals surface area contributed by atoms with Gasteiger partial charge < -0.3 is 9.47 Å². The van der Waals surface area contributed by atoms with Crippen LogP contribution in [0, 0.1) is 0 Å². The molecular weight excluding hydrogens is 196 g/mol. The van der Waals surface area contributed by atoms with Gasteiger partial charge in [0.2, 0.25) is 0 Å². The topological polar surface area (TPSA) is 18.5 Å². The molecule has 0 aromatic heterocycles. The molecule has 0 aliphatic rings. The van der Waals surface area contributed by atoms with Crippen LogP contribution >= 0.6 is 15.9 Å². The molecule has 0 spiro atoms. The minimum absolute atomic E-state index is 0.0841. The third-order valence-corrected chi connectivity index (χ3v) is 1.11. The second-order valence-corrected chi connectivity index (χ2v) is 4.91. The third-order valence-electron chi connectivity index (χ3n) is 0.877. The van der Waals surface area contributed by atoms with Gasteiger partial charge in [-0.15, -0.1) is 0 Å². The fraction of sp³-hybridized carbons (Fsp3) is 1.00. The van der Waals surface area contributed by atoms with Gasteiger partial charge in [-0.3, -0.25) is 0 Å². The van der Waals surface area contributed by atoms with Crippen LogP contribution in [0.3, 0.4) is 0 Å². The Bertz CT molecular complexity index is 78.2. The van der Waals surface area contributed by atoms with Gasteiger partial charge in [0, 0.05) is 11.4 Å². The second kappa shape index (κ2) is 5.10. The van der Waals surface area contributed by atoms with Crippen LogP contribution in [0.25, 0.3) is 0 Å². The maximum Gasteiger partial charge on any atom is 0.0700 e. The average Bonchev–Trinajstić information content (AvgIpc) is 1.78. The van der Waals surface area contributed by atoms with Crippen molar-refractivity contribution in [3.8, 4) is 0 Å². The molecule has 0 rings (SSSR count). The van der Waals surface area contributed by atoms with Crippen LogP contribution in [0.5, 0.6) is 0 Å². The summed E-state index contributed by atoms with van der Waals surface area (Å²) in [5.41, 5.74) is 0. The number of halogens is 1. The zero-order valence-electron chi connectivity index (χ0n) is 6.82. The average molecular weight is 211 g/mol. The van der Waals surface area contributed by atoms with E-state index >= 15 is 0 Å². The van der Waals surface area contributed by atoms with E-state index < -0.39 is 0 Å². The first-order chi connectivity index (χ1) is 4.56. The molecule has 0 amide bonds. The molecular formula is C7H15BrO2. The van der Waals surface area contributed by atoms with E-state index in [2.05, 4.69) is 29.8 Å². The van der Waals surface area contributed by atoms with Gasteiger partial charge >= 0.3 is 0 Å². The summed E-state index contributed by atoms with van der Waals surface area (Å²) in [4.78, 5) is 0. The number of ether oxygens (including phenoxy) is 2. The molecule has 0 aromatic carbocycles. The van der Waals surface area contributed by atoms with E-state index in [-0.39, 0.29) is 4.32 Å². The molecule has 10 heavy (non-hydrogen) atoms. The van der Waals surface area contributed by atoms with E-state index in [4.69, 9.17) is 9.47 Å². The lowest BCUT2D eigenvalue weighted by molar-refractivity contribution is 0.0637. The molecule has 0 unspecified atom stereocenters. The van der Waals surface area contributed by atoms with E-state index in [1.807, 2.05) is 0 Å². The largest absolute Gasteiger partial charge is 0.382 e. The molecule has 62 valence electrons. The Kier molecular flexibility index (Phi) is 5.31. The van der Waals surface area contributed by atoms with E-state index in [0.717, 1.165) is 6.61 Å². The van der Waals surface area contributed by atoms with Crippen LogP contribution in [-0.4, -0.2) is 31.3 Å². The highest BCUT2D eigenvalue weighted by Crippen LogP contribution is 2.15. The Morgan fingerprint density at radius 2 is 1.90 bits per heavy atom. The zero-order valence-corrected chi connectivity index (χ0v) is 8.40. The lowest BCUT2D eigenvalue weighted by Crippen LogP contribution is -2.19. The summed E-state index contributed by atoms with van der Waals surface area (Å²) >= 11 is 3.46. The van der Waals surface area contributed by atoms with Crippen LogP contribution < -0.4 is 0 Å². The van der Waals surface area contributed by atoms with Crippen LogP contribution in [0.15, 0.2) is 0 Å². The van der Waals surface area contributed by atoms with Crippen LogP contribution in [0.4, 0.5) is 0 Å². The van der Waals surface area contributed by atoms with Crippen molar-refractivity contribution in [1.82, 2.24) is 0 Å². The minimum atomic E-state index is 0.0841. The summed E-state index contributed by atoms with van der Waals surface area (Å²) in [6, 6.07) is 0. The monoisotopic (exact) mass is 210 g/mol. The number of alkyl halides is 1. The number of rotatable bonds is 5. The van der Waals surface area contributed by atoms with E-state index in [9.17, 15) is 0 Å². The molecule has 0 atom stereocenters.